The molecule has 1 unspecified atom stereocenters. The molecule has 6 rings (SSSR count). The van der Waals surface area contributed by atoms with Gasteiger partial charge >= 0.3 is 0 Å². The molecule has 2 amide bonds. The number of carbonyl (C=O) groups is 2. The summed E-state index contributed by atoms with van der Waals surface area (Å²) in [5.41, 5.74) is 4.40. The smallest absolute Gasteiger partial charge is 0.274 e. The molecular weight excluding hydrogens is 669 g/mol. The van der Waals surface area contributed by atoms with Crippen molar-refractivity contribution in [3.63, 3.8) is 0 Å². The van der Waals surface area contributed by atoms with Gasteiger partial charge in [0.15, 0.2) is 0 Å². The van der Waals surface area contributed by atoms with Gasteiger partial charge in [-0.1, -0.05) is 41.4 Å². The van der Waals surface area contributed by atoms with Crippen molar-refractivity contribution >= 4 is 40.7 Å². The first-order valence-corrected chi connectivity index (χ1v) is 16.7. The van der Waals surface area contributed by atoms with Gasteiger partial charge in [-0.3, -0.25) is 24.5 Å². The average Bonchev–Trinajstić information content (AvgIpc) is 3.52. The summed E-state index contributed by atoms with van der Waals surface area (Å²) in [6.07, 6.45) is 4.63. The lowest BCUT2D eigenvalue weighted by Gasteiger charge is -2.38. The van der Waals surface area contributed by atoms with Crippen LogP contribution in [0.15, 0.2) is 54.9 Å². The largest absolute Gasteiger partial charge is 0.496 e. The number of hydrogen-bond donors (Lipinski definition) is 4. The zero-order chi connectivity index (χ0) is 34.5. The van der Waals surface area contributed by atoms with Gasteiger partial charge in [-0.25, -0.2) is 4.98 Å². The summed E-state index contributed by atoms with van der Waals surface area (Å²) < 4.78 is 11.2. The van der Waals surface area contributed by atoms with E-state index in [1.165, 1.54) is 0 Å². The van der Waals surface area contributed by atoms with Gasteiger partial charge < -0.3 is 30.5 Å². The summed E-state index contributed by atoms with van der Waals surface area (Å²) in [6, 6.07) is 12.5. The van der Waals surface area contributed by atoms with E-state index in [2.05, 4.69) is 30.8 Å². The first kappa shape index (κ1) is 34.5. The van der Waals surface area contributed by atoms with Crippen LogP contribution in [-0.2, 0) is 17.9 Å². The Morgan fingerprint density at radius 3 is 2.63 bits per heavy atom. The number of ether oxygens (including phenoxy) is 2. The number of likely N-dealkylation sites (tertiary alicyclic amines) is 1. The summed E-state index contributed by atoms with van der Waals surface area (Å²) in [6.45, 7) is 3.56. The van der Waals surface area contributed by atoms with Crippen LogP contribution in [0, 0.1) is 5.92 Å². The third-order valence-corrected chi connectivity index (χ3v) is 9.46. The van der Waals surface area contributed by atoms with Crippen molar-refractivity contribution in [2.75, 3.05) is 45.8 Å². The third-order valence-electron chi connectivity index (χ3n) is 8.67. The average molecular weight is 707 g/mol. The Labute approximate surface area is 294 Å². The fraction of sp³-hybridized carbons (Fsp3) is 0.343. The van der Waals surface area contributed by atoms with Crippen molar-refractivity contribution in [3.05, 3.63) is 81.7 Å². The van der Waals surface area contributed by atoms with Gasteiger partial charge in [0, 0.05) is 98.4 Å². The summed E-state index contributed by atoms with van der Waals surface area (Å²) in [5.74, 6) is 0.912. The Bertz CT molecular complexity index is 1850. The van der Waals surface area contributed by atoms with Gasteiger partial charge in [0.25, 0.3) is 5.91 Å². The molecule has 0 bridgehead atoms. The molecule has 49 heavy (non-hydrogen) atoms. The highest BCUT2D eigenvalue weighted by atomic mass is 35.5. The minimum atomic E-state index is -0.458. The van der Waals surface area contributed by atoms with Crippen LogP contribution in [0.1, 0.15) is 34.5 Å². The summed E-state index contributed by atoms with van der Waals surface area (Å²) >= 11 is 13.8. The number of halogens is 2. The maximum atomic E-state index is 13.3. The van der Waals surface area contributed by atoms with E-state index in [0.29, 0.717) is 70.9 Å². The van der Waals surface area contributed by atoms with Crippen LogP contribution >= 0.6 is 23.2 Å². The number of anilines is 1. The standard InChI is InChI=1S/C35H37Cl2N7O5/c1-48-29-12-28(40-14-22(29)18-44-16-20(17-44)19-45)34(47)42-27-5-3-4-25(31(27)36)33-32(37)24(10-11-39-33)26-8-6-21(35(43-26)49-2)13-38-15-23-7-9-30(46)41-23/h3-6,8,10-12,14,20,23,38,45H,7,9,13,15-19H2,1-2H3,(H,41,46)(H,42,47). The SMILES string of the molecule is COc1cc(C(=O)Nc2cccc(-c3nccc(-c4ccc(CNCC5CCC(=O)N5)c(OC)n4)c3Cl)c2Cl)ncc1CN1CC(CO)C1. The zero-order valence-electron chi connectivity index (χ0n) is 27.1. The molecule has 0 aliphatic carbocycles. The van der Waals surface area contributed by atoms with Gasteiger partial charge in [-0.15, -0.1) is 0 Å². The van der Waals surface area contributed by atoms with Crippen molar-refractivity contribution in [1.82, 2.24) is 30.5 Å². The van der Waals surface area contributed by atoms with E-state index in [0.717, 1.165) is 30.6 Å². The predicted molar refractivity (Wildman–Crippen MR) is 187 cm³/mol. The molecule has 1 aromatic carbocycles. The van der Waals surface area contributed by atoms with Gasteiger partial charge in [0.1, 0.15) is 11.4 Å². The molecular formula is C35H37Cl2N7O5. The number of aliphatic hydroxyl groups is 1. The molecule has 1 atom stereocenters. The van der Waals surface area contributed by atoms with Crippen LogP contribution in [0.25, 0.3) is 22.5 Å². The van der Waals surface area contributed by atoms with Crippen LogP contribution in [0.4, 0.5) is 5.69 Å². The molecule has 3 aromatic heterocycles. The number of nitrogens with one attached hydrogen (secondary N) is 3. The van der Waals surface area contributed by atoms with E-state index in [4.69, 9.17) is 37.7 Å². The highest BCUT2D eigenvalue weighted by Crippen LogP contribution is 2.40. The number of methoxy groups -OCH3 is 2. The Morgan fingerprint density at radius 1 is 1.06 bits per heavy atom. The van der Waals surface area contributed by atoms with Gasteiger partial charge in [-0.05, 0) is 24.6 Å². The summed E-state index contributed by atoms with van der Waals surface area (Å²) in [7, 11) is 3.11. The Balaban J connectivity index is 1.17. The van der Waals surface area contributed by atoms with E-state index < -0.39 is 5.91 Å². The Hall–Kier alpha value is -4.33. The number of rotatable bonds is 13. The van der Waals surface area contributed by atoms with Crippen LogP contribution in [0.2, 0.25) is 10.0 Å². The van der Waals surface area contributed by atoms with Gasteiger partial charge in [-0.2, -0.15) is 0 Å². The van der Waals surface area contributed by atoms with E-state index in [1.54, 1.807) is 56.9 Å². The molecule has 0 spiro atoms. The number of aromatic nitrogens is 3. The van der Waals surface area contributed by atoms with E-state index in [-0.39, 0.29) is 35.2 Å². The molecule has 256 valence electrons. The van der Waals surface area contributed by atoms with Crippen LogP contribution < -0.4 is 25.4 Å². The lowest BCUT2D eigenvalue weighted by Crippen LogP contribution is -2.47. The lowest BCUT2D eigenvalue weighted by molar-refractivity contribution is -0.119. The maximum Gasteiger partial charge on any atom is 0.274 e. The molecule has 5 heterocycles. The normalized spacial score (nSPS) is 16.3. The quantitative estimate of drug-likeness (QED) is 0.156. The second-order valence-electron chi connectivity index (χ2n) is 12.1. The van der Waals surface area contributed by atoms with Crippen LogP contribution in [0.3, 0.4) is 0 Å². The number of nitrogens with zero attached hydrogens (tertiary/aromatic N) is 4. The van der Waals surface area contributed by atoms with Crippen LogP contribution in [0.5, 0.6) is 11.6 Å². The number of pyridine rings is 3. The number of amides is 2. The molecule has 0 saturated carbocycles. The number of benzene rings is 1. The van der Waals surface area contributed by atoms with Crippen molar-refractivity contribution < 1.29 is 24.2 Å². The third kappa shape index (κ3) is 7.79. The molecule has 2 aliphatic rings. The van der Waals surface area contributed by atoms with E-state index in [9.17, 15) is 14.7 Å². The second kappa shape index (κ2) is 15.5. The molecule has 14 heteroatoms. The fourth-order valence-electron chi connectivity index (χ4n) is 6.03. The number of hydrogen-bond acceptors (Lipinski definition) is 10. The van der Waals surface area contributed by atoms with Crippen molar-refractivity contribution in [1.29, 1.82) is 0 Å². The number of aliphatic hydroxyl groups excluding tert-OH is 1. The molecule has 12 nitrogen and oxygen atoms in total. The van der Waals surface area contributed by atoms with E-state index >= 15 is 0 Å². The predicted octanol–water partition coefficient (Wildman–Crippen LogP) is 4.57. The minimum Gasteiger partial charge on any atom is -0.496 e. The van der Waals surface area contributed by atoms with Gasteiger partial charge in [0.2, 0.25) is 11.8 Å². The van der Waals surface area contributed by atoms with Crippen molar-refractivity contribution in [2.24, 2.45) is 5.92 Å². The van der Waals surface area contributed by atoms with Gasteiger partial charge in [0.05, 0.1) is 41.3 Å². The van der Waals surface area contributed by atoms with Crippen LogP contribution in [-0.4, -0.2) is 83.3 Å². The lowest BCUT2D eigenvalue weighted by atomic mass is 10.0. The highest BCUT2D eigenvalue weighted by Gasteiger charge is 2.27. The van der Waals surface area contributed by atoms with E-state index in [1.807, 2.05) is 12.1 Å². The first-order chi connectivity index (χ1) is 23.8. The second-order valence-corrected chi connectivity index (χ2v) is 12.8. The Morgan fingerprint density at radius 2 is 1.90 bits per heavy atom. The highest BCUT2D eigenvalue weighted by molar-refractivity contribution is 6.39. The molecule has 2 aliphatic heterocycles. The summed E-state index contributed by atoms with van der Waals surface area (Å²) in [4.78, 5) is 40.6. The summed E-state index contributed by atoms with van der Waals surface area (Å²) in [5, 5.41) is 19.1. The topological polar surface area (TPSA) is 151 Å². The minimum absolute atomic E-state index is 0.0816. The maximum absolute atomic E-state index is 13.3. The Kier molecular flexibility index (Phi) is 10.9. The molecule has 4 aromatic rings. The molecule has 4 N–H and O–H groups in total. The zero-order valence-corrected chi connectivity index (χ0v) is 28.6. The molecule has 2 saturated heterocycles. The monoisotopic (exact) mass is 705 g/mol. The van der Waals surface area contributed by atoms with Crippen molar-refractivity contribution in [3.8, 4) is 34.1 Å². The first-order valence-electron chi connectivity index (χ1n) is 15.9. The molecule has 0 radical (unpaired) electrons. The van der Waals surface area contributed by atoms with Crippen molar-refractivity contribution in [2.45, 2.75) is 32.0 Å². The fourth-order valence-corrected chi connectivity index (χ4v) is 6.60. The molecule has 2 fully saturated rings. The number of carbonyl (C=O) groups excluding carboxylic acids is 2.